The Labute approximate surface area is 121 Å². The van der Waals surface area contributed by atoms with Gasteiger partial charge in [0.25, 0.3) is 0 Å². The predicted molar refractivity (Wildman–Crippen MR) is 82.7 cm³/mol. The summed E-state index contributed by atoms with van der Waals surface area (Å²) in [4.78, 5) is 0. The standard InChI is InChI=1S/C15H24N2O2S/c1-12-7-3-2-4-10-15(12)17-20(18,19)11-13-8-5-6-9-14(13)16/h5-6,8-9,12,15,17H,2-4,7,10-11,16H2,1H3. The van der Waals surface area contributed by atoms with Gasteiger partial charge in [-0.1, -0.05) is 44.4 Å². The van der Waals surface area contributed by atoms with Crippen LogP contribution in [0.3, 0.4) is 0 Å². The van der Waals surface area contributed by atoms with Crippen LogP contribution < -0.4 is 10.5 Å². The van der Waals surface area contributed by atoms with Crippen LogP contribution in [-0.2, 0) is 15.8 Å². The van der Waals surface area contributed by atoms with Crippen LogP contribution >= 0.6 is 0 Å². The van der Waals surface area contributed by atoms with Crippen molar-refractivity contribution < 1.29 is 8.42 Å². The highest BCUT2D eigenvalue weighted by Crippen LogP contribution is 2.24. The molecule has 0 heterocycles. The molecule has 2 atom stereocenters. The van der Waals surface area contributed by atoms with Gasteiger partial charge < -0.3 is 5.73 Å². The molecule has 112 valence electrons. The van der Waals surface area contributed by atoms with E-state index in [2.05, 4.69) is 11.6 Å². The van der Waals surface area contributed by atoms with E-state index >= 15 is 0 Å². The lowest BCUT2D eigenvalue weighted by atomic mass is 9.98. The maximum atomic E-state index is 12.3. The molecule has 20 heavy (non-hydrogen) atoms. The molecule has 0 saturated heterocycles. The number of anilines is 1. The molecular formula is C15H24N2O2S. The second kappa shape index (κ2) is 6.59. The molecule has 0 bridgehead atoms. The van der Waals surface area contributed by atoms with Gasteiger partial charge in [0.2, 0.25) is 10.0 Å². The molecule has 0 amide bonds. The van der Waals surface area contributed by atoms with E-state index in [0.717, 1.165) is 19.3 Å². The van der Waals surface area contributed by atoms with Crippen molar-refractivity contribution in [3.63, 3.8) is 0 Å². The van der Waals surface area contributed by atoms with Crippen LogP contribution in [0.15, 0.2) is 24.3 Å². The fourth-order valence-electron chi connectivity index (χ4n) is 2.81. The Kier molecular flexibility index (Phi) is 5.05. The number of hydrogen-bond acceptors (Lipinski definition) is 3. The minimum Gasteiger partial charge on any atom is -0.398 e. The Hall–Kier alpha value is -1.07. The van der Waals surface area contributed by atoms with Gasteiger partial charge in [-0.05, 0) is 30.4 Å². The molecular weight excluding hydrogens is 272 g/mol. The smallest absolute Gasteiger partial charge is 0.216 e. The Morgan fingerprint density at radius 1 is 1.20 bits per heavy atom. The van der Waals surface area contributed by atoms with Crippen LogP contribution in [0, 0.1) is 5.92 Å². The highest BCUT2D eigenvalue weighted by atomic mass is 32.2. The van der Waals surface area contributed by atoms with Crippen molar-refractivity contribution in [2.45, 2.75) is 50.8 Å². The first-order valence-electron chi connectivity index (χ1n) is 7.31. The summed E-state index contributed by atoms with van der Waals surface area (Å²) in [5.74, 6) is 0.364. The molecule has 5 heteroatoms. The summed E-state index contributed by atoms with van der Waals surface area (Å²) < 4.78 is 27.5. The van der Waals surface area contributed by atoms with Crippen molar-refractivity contribution in [2.75, 3.05) is 5.73 Å². The van der Waals surface area contributed by atoms with Crippen LogP contribution in [0.4, 0.5) is 5.69 Å². The molecule has 3 N–H and O–H groups in total. The Morgan fingerprint density at radius 3 is 2.65 bits per heavy atom. The van der Waals surface area contributed by atoms with E-state index in [9.17, 15) is 8.42 Å². The van der Waals surface area contributed by atoms with E-state index in [1.54, 1.807) is 12.1 Å². The van der Waals surface area contributed by atoms with E-state index in [4.69, 9.17) is 5.73 Å². The second-order valence-corrected chi connectivity index (χ2v) is 7.55. The fourth-order valence-corrected chi connectivity index (χ4v) is 4.38. The maximum Gasteiger partial charge on any atom is 0.216 e. The van der Waals surface area contributed by atoms with E-state index < -0.39 is 10.0 Å². The van der Waals surface area contributed by atoms with Gasteiger partial charge in [-0.15, -0.1) is 0 Å². The zero-order chi connectivity index (χ0) is 14.6. The Balaban J connectivity index is 2.05. The molecule has 0 aliphatic heterocycles. The number of nitrogen functional groups attached to an aromatic ring is 1. The van der Waals surface area contributed by atoms with Crippen LogP contribution in [0.2, 0.25) is 0 Å². The van der Waals surface area contributed by atoms with Crippen molar-refractivity contribution in [3.8, 4) is 0 Å². The summed E-state index contributed by atoms with van der Waals surface area (Å²) in [6.07, 6.45) is 5.54. The molecule has 1 aliphatic carbocycles. The molecule has 0 aromatic heterocycles. The number of benzene rings is 1. The molecule has 1 saturated carbocycles. The number of nitrogens with two attached hydrogens (primary N) is 1. The lowest BCUT2D eigenvalue weighted by molar-refractivity contribution is 0.399. The first kappa shape index (κ1) is 15.3. The molecule has 1 aliphatic rings. The lowest BCUT2D eigenvalue weighted by Crippen LogP contribution is -2.39. The van der Waals surface area contributed by atoms with Gasteiger partial charge in [-0.25, -0.2) is 13.1 Å². The average Bonchev–Trinajstić information content (AvgIpc) is 2.57. The summed E-state index contributed by atoms with van der Waals surface area (Å²) in [5, 5.41) is 0. The SMILES string of the molecule is CC1CCCCCC1NS(=O)(=O)Cc1ccccc1N. The zero-order valence-corrected chi connectivity index (χ0v) is 12.8. The lowest BCUT2D eigenvalue weighted by Gasteiger charge is -2.22. The normalized spacial score (nSPS) is 24.2. The van der Waals surface area contributed by atoms with Gasteiger partial charge >= 0.3 is 0 Å². The maximum absolute atomic E-state index is 12.3. The van der Waals surface area contributed by atoms with Crippen LogP contribution in [0.25, 0.3) is 0 Å². The van der Waals surface area contributed by atoms with Crippen molar-refractivity contribution in [1.82, 2.24) is 4.72 Å². The van der Waals surface area contributed by atoms with E-state index in [1.807, 2.05) is 12.1 Å². The summed E-state index contributed by atoms with van der Waals surface area (Å²) >= 11 is 0. The highest BCUT2D eigenvalue weighted by molar-refractivity contribution is 7.88. The zero-order valence-electron chi connectivity index (χ0n) is 12.0. The molecule has 1 aromatic rings. The summed E-state index contributed by atoms with van der Waals surface area (Å²) in [5.41, 5.74) is 7.02. The largest absolute Gasteiger partial charge is 0.398 e. The number of hydrogen-bond donors (Lipinski definition) is 2. The summed E-state index contributed by atoms with van der Waals surface area (Å²) in [6, 6.07) is 7.19. The summed E-state index contributed by atoms with van der Waals surface area (Å²) in [7, 11) is -3.34. The molecule has 0 spiro atoms. The minimum atomic E-state index is -3.34. The third-order valence-corrected chi connectivity index (χ3v) is 5.45. The number of para-hydroxylation sites is 1. The van der Waals surface area contributed by atoms with Crippen molar-refractivity contribution in [3.05, 3.63) is 29.8 Å². The topological polar surface area (TPSA) is 72.2 Å². The molecule has 2 rings (SSSR count). The van der Waals surface area contributed by atoms with Gasteiger partial charge in [0.05, 0.1) is 5.75 Å². The quantitative estimate of drug-likeness (QED) is 0.663. The third kappa shape index (κ3) is 4.21. The van der Waals surface area contributed by atoms with Gasteiger partial charge in [-0.3, -0.25) is 0 Å². The summed E-state index contributed by atoms with van der Waals surface area (Å²) in [6.45, 7) is 2.13. The first-order chi connectivity index (χ1) is 9.48. The van der Waals surface area contributed by atoms with E-state index in [1.165, 1.54) is 12.8 Å². The number of rotatable bonds is 4. The van der Waals surface area contributed by atoms with Crippen LogP contribution in [-0.4, -0.2) is 14.5 Å². The fraction of sp³-hybridized carbons (Fsp3) is 0.600. The highest BCUT2D eigenvalue weighted by Gasteiger charge is 2.25. The Morgan fingerprint density at radius 2 is 1.90 bits per heavy atom. The van der Waals surface area contributed by atoms with E-state index in [0.29, 0.717) is 17.2 Å². The van der Waals surface area contributed by atoms with Crippen LogP contribution in [0.5, 0.6) is 0 Å². The number of sulfonamides is 1. The average molecular weight is 296 g/mol. The van der Waals surface area contributed by atoms with Gasteiger partial charge in [0, 0.05) is 11.7 Å². The van der Waals surface area contributed by atoms with Gasteiger partial charge in [0.1, 0.15) is 0 Å². The number of nitrogens with one attached hydrogen (secondary N) is 1. The monoisotopic (exact) mass is 296 g/mol. The first-order valence-corrected chi connectivity index (χ1v) is 8.96. The molecule has 4 nitrogen and oxygen atoms in total. The van der Waals surface area contributed by atoms with Gasteiger partial charge in [-0.2, -0.15) is 0 Å². The molecule has 1 aromatic carbocycles. The molecule has 1 fully saturated rings. The predicted octanol–water partition coefficient (Wildman–Crippen LogP) is 2.66. The van der Waals surface area contributed by atoms with Crippen molar-refractivity contribution >= 4 is 15.7 Å². The molecule has 2 unspecified atom stereocenters. The van der Waals surface area contributed by atoms with Crippen LogP contribution in [0.1, 0.15) is 44.6 Å². The van der Waals surface area contributed by atoms with E-state index in [-0.39, 0.29) is 11.8 Å². The van der Waals surface area contributed by atoms with Crippen molar-refractivity contribution in [1.29, 1.82) is 0 Å². The second-order valence-electron chi connectivity index (χ2n) is 5.80. The van der Waals surface area contributed by atoms with Crippen molar-refractivity contribution in [2.24, 2.45) is 5.92 Å². The minimum absolute atomic E-state index is 0.0388. The third-order valence-electron chi connectivity index (χ3n) is 4.09. The molecule has 0 radical (unpaired) electrons. The van der Waals surface area contributed by atoms with Gasteiger partial charge in [0.15, 0.2) is 0 Å². The Bertz CT molecular complexity index is 543.